The highest BCUT2D eigenvalue weighted by Gasteiger charge is 2.54. The zero-order valence-electron chi connectivity index (χ0n) is 25.1. The van der Waals surface area contributed by atoms with Crippen molar-refractivity contribution in [3.8, 4) is 5.75 Å². The molecule has 1 heterocycles. The number of carbonyl (C=O) groups is 1. The van der Waals surface area contributed by atoms with Crippen LogP contribution in [0, 0.1) is 11.6 Å². The van der Waals surface area contributed by atoms with E-state index in [-0.39, 0.29) is 37.6 Å². The topological polar surface area (TPSA) is 141 Å². The number of halogens is 3. The summed E-state index contributed by atoms with van der Waals surface area (Å²) in [6, 6.07) is 24.7. The van der Waals surface area contributed by atoms with Gasteiger partial charge < -0.3 is 14.6 Å². The van der Waals surface area contributed by atoms with E-state index >= 15 is 0 Å². The van der Waals surface area contributed by atoms with Crippen LogP contribution in [0.4, 0.5) is 8.78 Å². The van der Waals surface area contributed by atoms with Crippen molar-refractivity contribution in [3.63, 3.8) is 0 Å². The molecule has 2 atom stereocenters. The highest BCUT2D eigenvalue weighted by atomic mass is 79.9. The molecule has 1 aliphatic heterocycles. The SMILES string of the molecule is [N-]=[N+]=NCc1ccccc1[C@@H]1OC(c2ccc(OCCCO)cc2)=N[C@]1(Cc1ccc(Br)cc1)C(=O)NNCc1cc(F)ccc1F. The third-order valence-electron chi connectivity index (χ3n) is 7.55. The zero-order valence-corrected chi connectivity index (χ0v) is 26.7. The normalized spacial score (nSPS) is 16.9. The fraction of sp³-hybridized carbons (Fsp3) is 0.235. The van der Waals surface area contributed by atoms with Crippen molar-refractivity contribution in [1.82, 2.24) is 10.9 Å². The first-order valence-corrected chi connectivity index (χ1v) is 15.5. The second-order valence-corrected chi connectivity index (χ2v) is 11.6. The van der Waals surface area contributed by atoms with Crippen LogP contribution in [0.25, 0.3) is 10.4 Å². The molecule has 1 amide bonds. The summed E-state index contributed by atoms with van der Waals surface area (Å²) < 4.78 is 41.2. The van der Waals surface area contributed by atoms with E-state index in [1.807, 2.05) is 24.3 Å². The van der Waals surface area contributed by atoms with Gasteiger partial charge in [-0.3, -0.25) is 10.2 Å². The first kappa shape index (κ1) is 33.6. The Balaban J connectivity index is 1.56. The molecule has 0 bridgehead atoms. The van der Waals surface area contributed by atoms with Crippen LogP contribution in [0.5, 0.6) is 5.75 Å². The Kier molecular flexibility index (Phi) is 11.2. The molecular formula is C34H31BrF2N6O4. The number of rotatable bonds is 14. The number of azide groups is 1. The number of hydrazine groups is 1. The molecule has 3 N–H and O–H groups in total. The highest BCUT2D eigenvalue weighted by Crippen LogP contribution is 2.44. The van der Waals surface area contributed by atoms with Gasteiger partial charge in [0.25, 0.3) is 5.91 Å². The number of ether oxygens (including phenoxy) is 2. The van der Waals surface area contributed by atoms with E-state index < -0.39 is 29.2 Å². The van der Waals surface area contributed by atoms with Gasteiger partial charge >= 0.3 is 0 Å². The van der Waals surface area contributed by atoms with E-state index in [1.165, 1.54) is 0 Å². The summed E-state index contributed by atoms with van der Waals surface area (Å²) in [7, 11) is 0. The molecule has 5 rings (SSSR count). The molecule has 0 saturated carbocycles. The fourth-order valence-corrected chi connectivity index (χ4v) is 5.49. The van der Waals surface area contributed by atoms with Crippen LogP contribution in [-0.2, 0) is 29.0 Å². The third kappa shape index (κ3) is 8.13. The van der Waals surface area contributed by atoms with E-state index in [0.29, 0.717) is 35.5 Å². The molecule has 0 unspecified atom stereocenters. The van der Waals surface area contributed by atoms with Crippen molar-refractivity contribution in [2.75, 3.05) is 13.2 Å². The van der Waals surface area contributed by atoms with Crippen LogP contribution in [0.1, 0.15) is 40.3 Å². The van der Waals surface area contributed by atoms with E-state index in [1.54, 1.807) is 48.5 Å². The number of hydrogen-bond donors (Lipinski definition) is 3. The van der Waals surface area contributed by atoms with Crippen molar-refractivity contribution >= 4 is 27.7 Å². The average molecular weight is 706 g/mol. The van der Waals surface area contributed by atoms with Crippen LogP contribution in [0.2, 0.25) is 0 Å². The summed E-state index contributed by atoms with van der Waals surface area (Å²) in [5, 5.41) is 12.8. The molecule has 0 radical (unpaired) electrons. The predicted molar refractivity (Wildman–Crippen MR) is 175 cm³/mol. The Labute approximate surface area is 278 Å². The molecule has 10 nitrogen and oxygen atoms in total. The van der Waals surface area contributed by atoms with Gasteiger partial charge in [0.15, 0.2) is 11.6 Å². The summed E-state index contributed by atoms with van der Waals surface area (Å²) in [6.07, 6.45) is -0.407. The van der Waals surface area contributed by atoms with E-state index in [9.17, 15) is 13.6 Å². The number of aliphatic imine (C=N–C) groups is 1. The zero-order chi connectivity index (χ0) is 33.2. The minimum atomic E-state index is -1.61. The van der Waals surface area contributed by atoms with Crippen molar-refractivity contribution in [2.24, 2.45) is 10.1 Å². The first-order valence-electron chi connectivity index (χ1n) is 14.7. The second kappa shape index (κ2) is 15.7. The molecule has 4 aromatic rings. The number of amides is 1. The summed E-state index contributed by atoms with van der Waals surface area (Å²) in [5.41, 5.74) is 15.5. The van der Waals surface area contributed by atoms with Gasteiger partial charge in [-0.15, -0.1) is 0 Å². The van der Waals surface area contributed by atoms with Crippen LogP contribution in [-0.4, -0.2) is 35.7 Å². The molecule has 0 saturated heterocycles. The lowest BCUT2D eigenvalue weighted by molar-refractivity contribution is -0.130. The number of nitrogens with zero attached hydrogens (tertiary/aromatic N) is 4. The number of nitrogens with one attached hydrogen (secondary N) is 2. The number of benzene rings is 4. The van der Waals surface area contributed by atoms with E-state index in [4.69, 9.17) is 25.1 Å². The van der Waals surface area contributed by atoms with Gasteiger partial charge in [-0.2, -0.15) is 0 Å². The minimum Gasteiger partial charge on any atom is -0.494 e. The van der Waals surface area contributed by atoms with Crippen LogP contribution >= 0.6 is 15.9 Å². The quantitative estimate of drug-likeness (QED) is 0.0445. The summed E-state index contributed by atoms with van der Waals surface area (Å²) in [5.74, 6) is -1.04. The molecule has 242 valence electrons. The van der Waals surface area contributed by atoms with Gasteiger partial charge in [0, 0.05) is 46.5 Å². The number of carbonyl (C=O) groups excluding carboxylic acids is 1. The number of aliphatic hydroxyl groups is 1. The van der Waals surface area contributed by atoms with Crippen LogP contribution in [0.15, 0.2) is 106 Å². The predicted octanol–water partition coefficient (Wildman–Crippen LogP) is 6.62. The lowest BCUT2D eigenvalue weighted by atomic mass is 9.81. The Morgan fingerprint density at radius 2 is 1.83 bits per heavy atom. The van der Waals surface area contributed by atoms with Crippen molar-refractivity contribution in [1.29, 1.82) is 0 Å². The van der Waals surface area contributed by atoms with Crippen molar-refractivity contribution in [3.05, 3.63) is 145 Å². The largest absolute Gasteiger partial charge is 0.494 e. The lowest BCUT2D eigenvalue weighted by Crippen LogP contribution is -2.53. The molecule has 0 aliphatic carbocycles. The highest BCUT2D eigenvalue weighted by molar-refractivity contribution is 9.10. The molecule has 4 aromatic carbocycles. The van der Waals surface area contributed by atoms with Gasteiger partial charge in [0.2, 0.25) is 5.90 Å². The van der Waals surface area contributed by atoms with Crippen molar-refractivity contribution < 1.29 is 28.2 Å². The van der Waals surface area contributed by atoms with Gasteiger partial charge in [-0.1, -0.05) is 57.4 Å². The Hall–Kier alpha value is -4.81. The van der Waals surface area contributed by atoms with Gasteiger partial charge in [-0.25, -0.2) is 19.2 Å². The molecule has 47 heavy (non-hydrogen) atoms. The summed E-state index contributed by atoms with van der Waals surface area (Å²) in [6.45, 7) is 0.173. The fourth-order valence-electron chi connectivity index (χ4n) is 5.22. The third-order valence-corrected chi connectivity index (χ3v) is 8.08. The van der Waals surface area contributed by atoms with E-state index in [0.717, 1.165) is 28.2 Å². The standard InChI is InChI=1S/C34H31BrF2N6O4/c35-26-10-6-22(7-11-26)19-34(33(45)42-39-21-25-18-27(36)12-15-30(25)37)31(29-5-2-1-4-24(29)20-40-43-38)47-32(41-34)23-8-13-28(14-9-23)46-17-3-16-44/h1-2,4-15,18,31,39,44H,3,16-17,19-21H2,(H,42,45)/t31-,34-/m0/s1. The van der Waals surface area contributed by atoms with E-state index in [2.05, 4.69) is 36.8 Å². The average Bonchev–Trinajstić information content (AvgIpc) is 3.47. The number of aliphatic hydroxyl groups excluding tert-OH is 1. The minimum absolute atomic E-state index is 0.00875. The lowest BCUT2D eigenvalue weighted by Gasteiger charge is -2.32. The number of hydrogen-bond acceptors (Lipinski definition) is 7. The maximum Gasteiger partial charge on any atom is 0.266 e. The second-order valence-electron chi connectivity index (χ2n) is 10.7. The van der Waals surface area contributed by atoms with Gasteiger partial charge in [0.1, 0.15) is 17.4 Å². The summed E-state index contributed by atoms with van der Waals surface area (Å²) >= 11 is 3.45. The molecule has 13 heteroatoms. The molecule has 1 aliphatic rings. The molecule has 0 spiro atoms. The van der Waals surface area contributed by atoms with Crippen molar-refractivity contribution in [2.45, 2.75) is 37.6 Å². The monoisotopic (exact) mass is 704 g/mol. The molecule has 0 fully saturated rings. The molecule has 0 aromatic heterocycles. The molecular weight excluding hydrogens is 674 g/mol. The first-order chi connectivity index (χ1) is 22.8. The summed E-state index contributed by atoms with van der Waals surface area (Å²) in [4.78, 5) is 22.3. The Morgan fingerprint density at radius 3 is 2.57 bits per heavy atom. The Morgan fingerprint density at radius 1 is 1.06 bits per heavy atom. The van der Waals surface area contributed by atoms with Crippen LogP contribution in [0.3, 0.4) is 0 Å². The maximum atomic E-state index is 14.4. The van der Waals surface area contributed by atoms with Gasteiger partial charge in [-0.05, 0) is 76.8 Å². The van der Waals surface area contributed by atoms with Crippen LogP contribution < -0.4 is 15.6 Å². The smallest absolute Gasteiger partial charge is 0.266 e. The van der Waals surface area contributed by atoms with Gasteiger partial charge in [0.05, 0.1) is 13.2 Å². The Bertz CT molecular complexity index is 1780. The maximum absolute atomic E-state index is 14.4.